The van der Waals surface area contributed by atoms with Crippen LogP contribution in [0.1, 0.15) is 46.3 Å². The molecule has 0 atom stereocenters. The Bertz CT molecular complexity index is 647. The van der Waals surface area contributed by atoms with Crippen LogP contribution in [0.25, 0.3) is 0 Å². The molecule has 0 radical (unpaired) electrons. The predicted octanol–water partition coefficient (Wildman–Crippen LogP) is 2.48. The molecule has 1 amide bonds. The van der Waals surface area contributed by atoms with Crippen LogP contribution in [0.4, 0.5) is 5.69 Å². The van der Waals surface area contributed by atoms with Gasteiger partial charge in [-0.25, -0.2) is 9.78 Å². The number of hydrogen-bond donors (Lipinski definition) is 3. The van der Waals surface area contributed by atoms with E-state index in [1.807, 2.05) is 18.2 Å². The van der Waals surface area contributed by atoms with Crippen LogP contribution in [0.5, 0.6) is 0 Å². The second-order valence-electron chi connectivity index (χ2n) is 4.67. The van der Waals surface area contributed by atoms with Crippen LogP contribution in [-0.4, -0.2) is 27.0 Å². The summed E-state index contributed by atoms with van der Waals surface area (Å²) in [6, 6.07) is 7.41. The highest BCUT2D eigenvalue weighted by Crippen LogP contribution is 2.19. The summed E-state index contributed by atoms with van der Waals surface area (Å²) in [6.45, 7) is 4.11. The van der Waals surface area contributed by atoms with Gasteiger partial charge in [-0.2, -0.15) is 0 Å². The van der Waals surface area contributed by atoms with Crippen molar-refractivity contribution in [3.8, 4) is 0 Å². The molecule has 1 aromatic carbocycles. The Kier molecular flexibility index (Phi) is 3.84. The molecular weight excluding hydrogens is 258 g/mol. The van der Waals surface area contributed by atoms with E-state index in [4.69, 9.17) is 5.11 Å². The van der Waals surface area contributed by atoms with Gasteiger partial charge in [0, 0.05) is 5.69 Å². The van der Waals surface area contributed by atoms with Crippen molar-refractivity contribution in [2.75, 3.05) is 5.32 Å². The first-order valence-electron chi connectivity index (χ1n) is 6.17. The third-order valence-electron chi connectivity index (χ3n) is 2.88. The Morgan fingerprint density at radius 2 is 2.10 bits per heavy atom. The van der Waals surface area contributed by atoms with E-state index in [9.17, 15) is 9.59 Å². The van der Waals surface area contributed by atoms with E-state index in [-0.39, 0.29) is 11.4 Å². The highest BCUT2D eigenvalue weighted by Gasteiger charge is 2.19. The molecule has 0 aliphatic heterocycles. The van der Waals surface area contributed by atoms with E-state index < -0.39 is 11.9 Å². The van der Waals surface area contributed by atoms with Crippen LogP contribution < -0.4 is 5.32 Å². The number of hydrogen-bond acceptors (Lipinski definition) is 3. The van der Waals surface area contributed by atoms with Crippen molar-refractivity contribution >= 4 is 17.6 Å². The zero-order chi connectivity index (χ0) is 14.7. The van der Waals surface area contributed by atoms with E-state index in [0.717, 1.165) is 5.56 Å². The zero-order valence-corrected chi connectivity index (χ0v) is 11.2. The molecule has 0 unspecified atom stereocenters. The van der Waals surface area contributed by atoms with E-state index >= 15 is 0 Å². The topological polar surface area (TPSA) is 95.1 Å². The van der Waals surface area contributed by atoms with Crippen LogP contribution >= 0.6 is 0 Å². The molecule has 0 fully saturated rings. The number of nitrogens with zero attached hydrogens (tertiary/aromatic N) is 1. The number of benzene rings is 1. The molecule has 0 aliphatic rings. The summed E-state index contributed by atoms with van der Waals surface area (Å²) < 4.78 is 0. The van der Waals surface area contributed by atoms with Crippen molar-refractivity contribution < 1.29 is 14.7 Å². The van der Waals surface area contributed by atoms with Crippen molar-refractivity contribution in [3.05, 3.63) is 47.5 Å². The number of anilines is 1. The van der Waals surface area contributed by atoms with E-state index in [1.165, 1.54) is 6.33 Å². The first-order valence-corrected chi connectivity index (χ1v) is 6.17. The van der Waals surface area contributed by atoms with Crippen LogP contribution in [0.3, 0.4) is 0 Å². The molecular formula is C14H15N3O3. The summed E-state index contributed by atoms with van der Waals surface area (Å²) in [7, 11) is 0. The zero-order valence-electron chi connectivity index (χ0n) is 11.2. The summed E-state index contributed by atoms with van der Waals surface area (Å²) >= 11 is 0. The number of imidazole rings is 1. The molecule has 6 heteroatoms. The third kappa shape index (κ3) is 2.85. The summed E-state index contributed by atoms with van der Waals surface area (Å²) in [6.07, 6.45) is 1.18. The lowest BCUT2D eigenvalue weighted by Gasteiger charge is -2.09. The predicted molar refractivity (Wildman–Crippen MR) is 74.0 cm³/mol. The molecule has 0 bridgehead atoms. The minimum atomic E-state index is -1.22. The van der Waals surface area contributed by atoms with Gasteiger partial charge < -0.3 is 15.4 Å². The second-order valence-corrected chi connectivity index (χ2v) is 4.67. The molecule has 104 valence electrons. The Morgan fingerprint density at radius 3 is 2.75 bits per heavy atom. The molecule has 6 nitrogen and oxygen atoms in total. The third-order valence-corrected chi connectivity index (χ3v) is 2.88. The van der Waals surface area contributed by atoms with Crippen molar-refractivity contribution in [2.45, 2.75) is 19.8 Å². The van der Waals surface area contributed by atoms with Gasteiger partial charge in [-0.3, -0.25) is 4.79 Å². The highest BCUT2D eigenvalue weighted by molar-refractivity contribution is 6.08. The van der Waals surface area contributed by atoms with Gasteiger partial charge in [0.25, 0.3) is 5.91 Å². The summed E-state index contributed by atoms with van der Waals surface area (Å²) in [5, 5.41) is 11.6. The first-order chi connectivity index (χ1) is 9.49. The molecule has 0 saturated carbocycles. The standard InChI is InChI=1S/C14H15N3O3/c1-8(2)9-4-3-5-10(6-9)17-13(18)11-12(14(19)20)16-7-15-11/h3-8H,1-2H3,(H,15,16)(H,17,18)(H,19,20). The van der Waals surface area contributed by atoms with Crippen LogP contribution in [0, 0.1) is 0 Å². The molecule has 0 saturated heterocycles. The number of carbonyl (C=O) groups excluding carboxylic acids is 1. The first kappa shape index (κ1) is 13.8. The maximum atomic E-state index is 12.0. The highest BCUT2D eigenvalue weighted by atomic mass is 16.4. The largest absolute Gasteiger partial charge is 0.477 e. The fourth-order valence-electron chi connectivity index (χ4n) is 1.80. The quantitative estimate of drug-likeness (QED) is 0.797. The Balaban J connectivity index is 2.21. The molecule has 0 aliphatic carbocycles. The van der Waals surface area contributed by atoms with Gasteiger partial charge in [0.1, 0.15) is 0 Å². The van der Waals surface area contributed by atoms with Gasteiger partial charge in [0.05, 0.1) is 6.33 Å². The lowest BCUT2D eigenvalue weighted by atomic mass is 10.0. The van der Waals surface area contributed by atoms with E-state index in [2.05, 4.69) is 29.1 Å². The summed E-state index contributed by atoms with van der Waals surface area (Å²) in [5.41, 5.74) is 1.35. The van der Waals surface area contributed by atoms with Crippen molar-refractivity contribution in [3.63, 3.8) is 0 Å². The summed E-state index contributed by atoms with van der Waals surface area (Å²) in [4.78, 5) is 29.1. The number of aromatic amines is 1. The van der Waals surface area contributed by atoms with Crippen LogP contribution in [0.2, 0.25) is 0 Å². The second kappa shape index (κ2) is 5.56. The van der Waals surface area contributed by atoms with E-state index in [1.54, 1.807) is 6.07 Å². The minimum Gasteiger partial charge on any atom is -0.477 e. The molecule has 1 aromatic heterocycles. The van der Waals surface area contributed by atoms with Crippen molar-refractivity contribution in [1.82, 2.24) is 9.97 Å². The lowest BCUT2D eigenvalue weighted by Crippen LogP contribution is -2.16. The number of carboxylic acids is 1. The molecule has 3 N–H and O–H groups in total. The maximum Gasteiger partial charge on any atom is 0.354 e. The van der Waals surface area contributed by atoms with Gasteiger partial charge in [-0.15, -0.1) is 0 Å². The van der Waals surface area contributed by atoms with Gasteiger partial charge in [0.2, 0.25) is 0 Å². The van der Waals surface area contributed by atoms with Gasteiger partial charge in [-0.1, -0.05) is 26.0 Å². The fourth-order valence-corrected chi connectivity index (χ4v) is 1.80. The molecule has 2 rings (SSSR count). The minimum absolute atomic E-state index is 0.132. The van der Waals surface area contributed by atoms with Gasteiger partial charge >= 0.3 is 5.97 Å². The van der Waals surface area contributed by atoms with E-state index in [0.29, 0.717) is 11.6 Å². The normalized spacial score (nSPS) is 10.6. The molecule has 0 spiro atoms. The lowest BCUT2D eigenvalue weighted by molar-refractivity contribution is 0.0686. The average molecular weight is 273 g/mol. The number of H-pyrrole nitrogens is 1. The SMILES string of the molecule is CC(C)c1cccc(NC(=O)c2nc[nH]c2C(=O)O)c1. The van der Waals surface area contributed by atoms with Gasteiger partial charge in [0.15, 0.2) is 11.4 Å². The Hall–Kier alpha value is -2.63. The Morgan fingerprint density at radius 1 is 1.35 bits per heavy atom. The fraction of sp³-hybridized carbons (Fsp3) is 0.214. The number of rotatable bonds is 4. The maximum absolute atomic E-state index is 12.0. The summed E-state index contributed by atoms with van der Waals surface area (Å²) in [5.74, 6) is -1.43. The monoisotopic (exact) mass is 273 g/mol. The number of nitrogens with one attached hydrogen (secondary N) is 2. The number of aromatic carboxylic acids is 1. The van der Waals surface area contributed by atoms with Crippen LogP contribution in [-0.2, 0) is 0 Å². The number of amides is 1. The molecule has 1 heterocycles. The average Bonchev–Trinajstić information content (AvgIpc) is 2.88. The van der Waals surface area contributed by atoms with Gasteiger partial charge in [-0.05, 0) is 23.6 Å². The molecule has 2 aromatic rings. The number of carbonyl (C=O) groups is 2. The van der Waals surface area contributed by atoms with Crippen molar-refractivity contribution in [2.24, 2.45) is 0 Å². The number of carboxylic acid groups (broad SMARTS) is 1. The Labute approximate surface area is 115 Å². The molecule has 20 heavy (non-hydrogen) atoms. The van der Waals surface area contributed by atoms with Crippen molar-refractivity contribution in [1.29, 1.82) is 0 Å². The number of aromatic nitrogens is 2. The van der Waals surface area contributed by atoms with Crippen LogP contribution in [0.15, 0.2) is 30.6 Å². The smallest absolute Gasteiger partial charge is 0.354 e.